The van der Waals surface area contributed by atoms with E-state index >= 15 is 0 Å². The highest BCUT2D eigenvalue weighted by molar-refractivity contribution is 7.89. The summed E-state index contributed by atoms with van der Waals surface area (Å²) in [7, 11) is -4.23. The number of carbonyl (C=O) groups excluding carboxylic acids is 1. The molecule has 0 bridgehead atoms. The van der Waals surface area contributed by atoms with Crippen molar-refractivity contribution in [3.8, 4) is 5.75 Å². The lowest BCUT2D eigenvalue weighted by atomic mass is 10.1. The molecular weight excluding hydrogens is 505 g/mol. The number of rotatable bonds is 9. The van der Waals surface area contributed by atoms with E-state index in [2.05, 4.69) is 10.0 Å². The number of alkyl halides is 3. The van der Waals surface area contributed by atoms with E-state index in [4.69, 9.17) is 16.3 Å². The number of amides is 1. The van der Waals surface area contributed by atoms with E-state index in [0.717, 1.165) is 18.2 Å². The van der Waals surface area contributed by atoms with E-state index in [1.54, 1.807) is 37.3 Å². The lowest BCUT2D eigenvalue weighted by molar-refractivity contribution is -0.137. The molecule has 0 fully saturated rings. The third kappa shape index (κ3) is 7.20. The highest BCUT2D eigenvalue weighted by Crippen LogP contribution is 2.31. The smallest absolute Gasteiger partial charge is 0.416 e. The van der Waals surface area contributed by atoms with E-state index in [1.165, 1.54) is 24.3 Å². The molecule has 0 saturated carbocycles. The maximum Gasteiger partial charge on any atom is 0.416 e. The van der Waals surface area contributed by atoms with E-state index in [-0.39, 0.29) is 22.0 Å². The first kappa shape index (κ1) is 26.5. The molecule has 0 spiro atoms. The summed E-state index contributed by atoms with van der Waals surface area (Å²) in [5.74, 6) is -0.523. The van der Waals surface area contributed by atoms with E-state index in [1.807, 2.05) is 0 Å². The number of sulfonamides is 1. The SMILES string of the molecule is CCOc1ccc(S(=O)(=O)N[C@H](Cc2ccccc2)C(=O)Nc2cccc(C(F)(F)F)c2)cc1Cl. The fourth-order valence-corrected chi connectivity index (χ4v) is 4.74. The Bertz CT molecular complexity index is 1290. The Morgan fingerprint density at radius 1 is 1.03 bits per heavy atom. The average Bonchev–Trinajstić information content (AvgIpc) is 2.80. The van der Waals surface area contributed by atoms with Gasteiger partial charge < -0.3 is 10.1 Å². The molecule has 0 heterocycles. The van der Waals surface area contributed by atoms with Gasteiger partial charge in [-0.15, -0.1) is 0 Å². The monoisotopic (exact) mass is 526 g/mol. The van der Waals surface area contributed by atoms with Crippen LogP contribution in [-0.2, 0) is 27.4 Å². The van der Waals surface area contributed by atoms with Crippen LogP contribution in [0.15, 0.2) is 77.7 Å². The van der Waals surface area contributed by atoms with Crippen molar-refractivity contribution in [2.24, 2.45) is 0 Å². The van der Waals surface area contributed by atoms with Crippen molar-refractivity contribution in [1.29, 1.82) is 0 Å². The zero-order valence-electron chi connectivity index (χ0n) is 18.5. The molecule has 186 valence electrons. The minimum Gasteiger partial charge on any atom is -0.492 e. The van der Waals surface area contributed by atoms with Gasteiger partial charge in [0.1, 0.15) is 11.8 Å². The van der Waals surface area contributed by atoms with Gasteiger partial charge in [0.05, 0.1) is 22.1 Å². The van der Waals surface area contributed by atoms with E-state index in [9.17, 15) is 26.4 Å². The summed E-state index contributed by atoms with van der Waals surface area (Å²) >= 11 is 6.11. The molecule has 35 heavy (non-hydrogen) atoms. The lowest BCUT2D eigenvalue weighted by Gasteiger charge is -2.19. The van der Waals surface area contributed by atoms with Crippen molar-refractivity contribution in [2.45, 2.75) is 30.5 Å². The molecule has 0 aromatic heterocycles. The molecule has 11 heteroatoms. The summed E-state index contributed by atoms with van der Waals surface area (Å²) in [5, 5.41) is 2.45. The van der Waals surface area contributed by atoms with Crippen LogP contribution in [0.3, 0.4) is 0 Å². The molecule has 0 aliphatic carbocycles. The predicted molar refractivity (Wildman–Crippen MR) is 127 cm³/mol. The Kier molecular flexibility index (Phi) is 8.42. The van der Waals surface area contributed by atoms with Gasteiger partial charge in [-0.25, -0.2) is 8.42 Å². The zero-order chi connectivity index (χ0) is 25.6. The van der Waals surface area contributed by atoms with Crippen LogP contribution in [0.4, 0.5) is 18.9 Å². The Labute approximate surface area is 206 Å². The second kappa shape index (κ2) is 11.1. The van der Waals surface area contributed by atoms with E-state index in [0.29, 0.717) is 17.9 Å². The Balaban J connectivity index is 1.88. The maximum atomic E-state index is 13.1. The number of anilines is 1. The van der Waals surface area contributed by atoms with Crippen molar-refractivity contribution in [2.75, 3.05) is 11.9 Å². The van der Waals surface area contributed by atoms with Gasteiger partial charge in [0.15, 0.2) is 0 Å². The summed E-state index contributed by atoms with van der Waals surface area (Å²) < 4.78 is 72.9. The molecule has 0 aliphatic rings. The molecular formula is C24H22ClF3N2O4S. The van der Waals surface area contributed by atoms with Crippen molar-refractivity contribution in [1.82, 2.24) is 4.72 Å². The van der Waals surface area contributed by atoms with Crippen LogP contribution < -0.4 is 14.8 Å². The summed E-state index contributed by atoms with van der Waals surface area (Å²) in [6.45, 7) is 2.08. The molecule has 0 aliphatic heterocycles. The number of nitrogens with one attached hydrogen (secondary N) is 2. The Morgan fingerprint density at radius 2 is 1.74 bits per heavy atom. The minimum atomic E-state index is -4.60. The molecule has 1 atom stereocenters. The lowest BCUT2D eigenvalue weighted by Crippen LogP contribution is -2.45. The van der Waals surface area contributed by atoms with Gasteiger partial charge in [-0.3, -0.25) is 4.79 Å². The normalized spacial score (nSPS) is 12.7. The molecule has 0 saturated heterocycles. The first-order valence-corrected chi connectivity index (χ1v) is 12.3. The highest BCUT2D eigenvalue weighted by Gasteiger charge is 2.31. The topological polar surface area (TPSA) is 84.5 Å². The summed E-state index contributed by atoms with van der Waals surface area (Å²) in [6, 6.07) is 15.2. The Hall–Kier alpha value is -3.08. The van der Waals surface area contributed by atoms with Crippen molar-refractivity contribution in [3.05, 3.63) is 88.9 Å². The highest BCUT2D eigenvalue weighted by atomic mass is 35.5. The fourth-order valence-electron chi connectivity index (χ4n) is 3.22. The second-order valence-corrected chi connectivity index (χ2v) is 9.58. The predicted octanol–water partition coefficient (Wildman–Crippen LogP) is 5.29. The number of benzene rings is 3. The second-order valence-electron chi connectivity index (χ2n) is 7.46. The Morgan fingerprint density at radius 3 is 2.37 bits per heavy atom. The summed E-state index contributed by atoms with van der Waals surface area (Å²) in [4.78, 5) is 12.8. The quantitative estimate of drug-likeness (QED) is 0.397. The first-order chi connectivity index (χ1) is 16.5. The number of ether oxygens (including phenoxy) is 1. The van der Waals surface area contributed by atoms with E-state index < -0.39 is 33.7 Å². The van der Waals surface area contributed by atoms with Gasteiger partial charge in [0, 0.05) is 5.69 Å². The third-order valence-electron chi connectivity index (χ3n) is 4.87. The first-order valence-electron chi connectivity index (χ1n) is 10.5. The fraction of sp³-hybridized carbons (Fsp3) is 0.208. The van der Waals surface area contributed by atoms with Crippen molar-refractivity contribution < 1.29 is 31.1 Å². The molecule has 0 radical (unpaired) electrons. The molecule has 3 aromatic rings. The van der Waals surface area contributed by atoms with Crippen LogP contribution in [0, 0.1) is 0 Å². The van der Waals surface area contributed by atoms with Crippen LogP contribution in [0.1, 0.15) is 18.1 Å². The van der Waals surface area contributed by atoms with Crippen molar-refractivity contribution in [3.63, 3.8) is 0 Å². The minimum absolute atomic E-state index is 0.0460. The van der Waals surface area contributed by atoms with Crippen LogP contribution in [-0.4, -0.2) is 27.0 Å². The summed E-state index contributed by atoms with van der Waals surface area (Å²) in [6.07, 6.45) is -4.64. The average molecular weight is 527 g/mol. The van der Waals surface area contributed by atoms with Gasteiger partial charge in [0.25, 0.3) is 0 Å². The van der Waals surface area contributed by atoms with Crippen LogP contribution in [0.2, 0.25) is 5.02 Å². The standard InChI is InChI=1S/C24H22ClF3N2O4S/c1-2-34-22-12-11-19(15-20(22)25)35(32,33)30-21(13-16-7-4-3-5-8-16)23(31)29-18-10-6-9-17(14-18)24(26,27)28/h3-12,14-15,21,30H,2,13H2,1H3,(H,29,31)/t21-/m1/s1. The van der Waals surface area contributed by atoms with Gasteiger partial charge in [-0.2, -0.15) is 17.9 Å². The van der Waals surface area contributed by atoms with Crippen LogP contribution >= 0.6 is 11.6 Å². The molecule has 3 rings (SSSR count). The molecule has 2 N–H and O–H groups in total. The molecule has 6 nitrogen and oxygen atoms in total. The van der Waals surface area contributed by atoms with Gasteiger partial charge in [0.2, 0.25) is 15.9 Å². The molecule has 3 aromatic carbocycles. The largest absolute Gasteiger partial charge is 0.492 e. The maximum absolute atomic E-state index is 13.1. The van der Waals surface area contributed by atoms with Gasteiger partial charge >= 0.3 is 6.18 Å². The van der Waals surface area contributed by atoms with Gasteiger partial charge in [-0.1, -0.05) is 48.0 Å². The third-order valence-corrected chi connectivity index (χ3v) is 6.63. The molecule has 0 unspecified atom stereocenters. The van der Waals surface area contributed by atoms with Crippen LogP contribution in [0.5, 0.6) is 5.75 Å². The number of hydrogen-bond acceptors (Lipinski definition) is 4. The molecule has 1 amide bonds. The van der Waals surface area contributed by atoms with Crippen molar-refractivity contribution >= 4 is 33.2 Å². The summed E-state index contributed by atoms with van der Waals surface area (Å²) in [5.41, 5.74) is -0.421. The number of hydrogen-bond donors (Lipinski definition) is 2. The van der Waals surface area contributed by atoms with Gasteiger partial charge in [-0.05, 0) is 55.3 Å². The number of halogens is 4. The van der Waals surface area contributed by atoms with Crippen LogP contribution in [0.25, 0.3) is 0 Å². The zero-order valence-corrected chi connectivity index (χ0v) is 20.0. The number of carbonyl (C=O) groups is 1.